The third-order valence-electron chi connectivity index (χ3n) is 3.32. The molecule has 0 aliphatic heterocycles. The highest BCUT2D eigenvalue weighted by atomic mass is 32.2. The molecule has 0 aliphatic rings. The van der Waals surface area contributed by atoms with Gasteiger partial charge in [0.15, 0.2) is 0 Å². The van der Waals surface area contributed by atoms with Gasteiger partial charge in [-0.15, -0.1) is 0 Å². The van der Waals surface area contributed by atoms with Gasteiger partial charge in [-0.1, -0.05) is 19.8 Å². The minimum absolute atomic E-state index is 0.0341. The summed E-state index contributed by atoms with van der Waals surface area (Å²) < 4.78 is 38.1. The molecule has 0 spiro atoms. The molecule has 7 heteroatoms. The molecule has 6 nitrogen and oxygen atoms in total. The van der Waals surface area contributed by atoms with Crippen molar-refractivity contribution < 1.29 is 22.2 Å². The van der Waals surface area contributed by atoms with E-state index in [0.717, 1.165) is 25.0 Å². The monoisotopic (exact) mass is 351 g/mol. The lowest BCUT2D eigenvalue weighted by atomic mass is 10.2. The summed E-state index contributed by atoms with van der Waals surface area (Å²) in [7, 11) is -3.90. The molecule has 0 unspecified atom stereocenters. The minimum atomic E-state index is -3.90. The number of benzene rings is 2. The number of nitrogens with two attached hydrogens (primary N) is 1. The van der Waals surface area contributed by atoms with Crippen molar-refractivity contribution in [2.24, 2.45) is 5.90 Å². The highest BCUT2D eigenvalue weighted by Gasteiger charge is 2.13. The smallest absolute Gasteiger partial charge is 0.312 e. The van der Waals surface area contributed by atoms with Gasteiger partial charge in [0.1, 0.15) is 17.2 Å². The fourth-order valence-corrected chi connectivity index (χ4v) is 2.59. The Labute approximate surface area is 142 Å². The summed E-state index contributed by atoms with van der Waals surface area (Å²) >= 11 is 0. The Balaban J connectivity index is 1.94. The molecule has 0 fully saturated rings. The summed E-state index contributed by atoms with van der Waals surface area (Å²) in [6.45, 7) is 2.85. The van der Waals surface area contributed by atoms with Crippen molar-refractivity contribution in [3.05, 3.63) is 48.5 Å². The molecule has 2 aromatic carbocycles. The van der Waals surface area contributed by atoms with Gasteiger partial charge in [0, 0.05) is 0 Å². The predicted molar refractivity (Wildman–Crippen MR) is 90.4 cm³/mol. The number of rotatable bonds is 9. The van der Waals surface area contributed by atoms with E-state index in [1.807, 2.05) is 12.1 Å². The molecule has 0 atom stereocenters. The quantitative estimate of drug-likeness (QED) is 0.548. The zero-order chi connectivity index (χ0) is 17.4. The van der Waals surface area contributed by atoms with Crippen molar-refractivity contribution >= 4 is 10.1 Å². The second kappa shape index (κ2) is 8.68. The van der Waals surface area contributed by atoms with Crippen molar-refractivity contribution in [2.75, 3.05) is 6.61 Å². The van der Waals surface area contributed by atoms with Crippen LogP contribution in [-0.4, -0.2) is 15.0 Å². The molecule has 0 aliphatic carbocycles. The van der Waals surface area contributed by atoms with Crippen molar-refractivity contribution in [3.8, 4) is 17.2 Å². The zero-order valence-corrected chi connectivity index (χ0v) is 14.3. The topological polar surface area (TPSA) is 87.8 Å². The van der Waals surface area contributed by atoms with Crippen LogP contribution in [0.15, 0.2) is 53.4 Å². The second-order valence-electron chi connectivity index (χ2n) is 5.15. The maximum absolute atomic E-state index is 11.4. The van der Waals surface area contributed by atoms with Crippen LogP contribution in [0.2, 0.25) is 0 Å². The highest BCUT2D eigenvalue weighted by molar-refractivity contribution is 7.86. The van der Waals surface area contributed by atoms with Crippen LogP contribution in [0.3, 0.4) is 0 Å². The van der Waals surface area contributed by atoms with E-state index in [-0.39, 0.29) is 4.90 Å². The van der Waals surface area contributed by atoms with Crippen LogP contribution in [-0.2, 0) is 14.4 Å². The van der Waals surface area contributed by atoms with E-state index in [4.69, 9.17) is 15.4 Å². The third kappa shape index (κ3) is 5.23. The van der Waals surface area contributed by atoms with Crippen molar-refractivity contribution in [1.29, 1.82) is 0 Å². The first-order valence-electron chi connectivity index (χ1n) is 7.69. The fourth-order valence-electron chi connectivity index (χ4n) is 2.01. The summed E-state index contributed by atoms with van der Waals surface area (Å²) in [5.74, 6) is 6.65. The molecule has 0 amide bonds. The van der Waals surface area contributed by atoms with E-state index in [1.54, 1.807) is 12.1 Å². The molecule has 0 bridgehead atoms. The maximum atomic E-state index is 11.4. The molecular formula is C17H21NO5S. The van der Waals surface area contributed by atoms with Gasteiger partial charge in [0.2, 0.25) is 0 Å². The predicted octanol–water partition coefficient (Wildman–Crippen LogP) is 3.63. The minimum Gasteiger partial charge on any atom is -0.494 e. The van der Waals surface area contributed by atoms with Crippen LogP contribution in [0.4, 0.5) is 0 Å². The Morgan fingerprint density at radius 3 is 1.96 bits per heavy atom. The maximum Gasteiger partial charge on any atom is 0.312 e. The molecule has 2 rings (SSSR count). The first-order valence-corrected chi connectivity index (χ1v) is 9.10. The van der Waals surface area contributed by atoms with E-state index >= 15 is 0 Å². The van der Waals surface area contributed by atoms with Crippen molar-refractivity contribution in [2.45, 2.75) is 31.1 Å². The average molecular weight is 351 g/mol. The first kappa shape index (κ1) is 18.3. The van der Waals surface area contributed by atoms with E-state index in [0.29, 0.717) is 18.1 Å². The Kier molecular flexibility index (Phi) is 6.60. The van der Waals surface area contributed by atoms with Crippen LogP contribution < -0.4 is 15.4 Å². The van der Waals surface area contributed by atoms with Gasteiger partial charge >= 0.3 is 10.1 Å². The highest BCUT2D eigenvalue weighted by Crippen LogP contribution is 2.25. The molecule has 0 saturated heterocycles. The number of unbranched alkanes of at least 4 members (excludes halogenated alkanes) is 2. The SMILES string of the molecule is CCCCCOc1ccc(Oc2ccc(S(=O)(=O)ON)cc2)cc1. The van der Waals surface area contributed by atoms with Gasteiger partial charge < -0.3 is 9.47 Å². The van der Waals surface area contributed by atoms with Gasteiger partial charge in [-0.05, 0) is 55.0 Å². The van der Waals surface area contributed by atoms with Crippen LogP contribution in [0, 0.1) is 0 Å². The van der Waals surface area contributed by atoms with Crippen LogP contribution in [0.25, 0.3) is 0 Å². The van der Waals surface area contributed by atoms with Crippen molar-refractivity contribution in [1.82, 2.24) is 0 Å². The van der Waals surface area contributed by atoms with Crippen LogP contribution in [0.5, 0.6) is 17.2 Å². The van der Waals surface area contributed by atoms with Crippen molar-refractivity contribution in [3.63, 3.8) is 0 Å². The third-order valence-corrected chi connectivity index (χ3v) is 4.42. The standard InChI is InChI=1S/C17H21NO5S/c1-2-3-4-13-21-14-5-7-15(8-6-14)22-16-9-11-17(12-10-16)24(19,20)23-18/h5-12H,2-4,13,18H2,1H3. The normalized spacial score (nSPS) is 11.2. The van der Waals surface area contributed by atoms with E-state index < -0.39 is 10.1 Å². The molecule has 0 radical (unpaired) electrons. The lowest BCUT2D eigenvalue weighted by Crippen LogP contribution is -2.10. The Morgan fingerprint density at radius 1 is 0.875 bits per heavy atom. The van der Waals surface area contributed by atoms with E-state index in [1.165, 1.54) is 24.3 Å². The van der Waals surface area contributed by atoms with Crippen LogP contribution >= 0.6 is 0 Å². The summed E-state index contributed by atoms with van der Waals surface area (Å²) in [6.07, 6.45) is 3.35. The summed E-state index contributed by atoms with van der Waals surface area (Å²) in [6, 6.07) is 13.0. The van der Waals surface area contributed by atoms with Crippen LogP contribution in [0.1, 0.15) is 26.2 Å². The molecular weight excluding hydrogens is 330 g/mol. The molecule has 0 saturated carbocycles. The summed E-state index contributed by atoms with van der Waals surface area (Å²) in [4.78, 5) is -0.0341. The van der Waals surface area contributed by atoms with E-state index in [2.05, 4.69) is 11.2 Å². The average Bonchev–Trinajstić information content (AvgIpc) is 2.61. The lowest BCUT2D eigenvalue weighted by Gasteiger charge is -2.09. The van der Waals surface area contributed by atoms with Gasteiger partial charge in [-0.2, -0.15) is 18.6 Å². The Morgan fingerprint density at radius 2 is 1.42 bits per heavy atom. The summed E-state index contributed by atoms with van der Waals surface area (Å²) in [5, 5.41) is 0. The van der Waals surface area contributed by atoms with Gasteiger partial charge in [-0.3, -0.25) is 0 Å². The van der Waals surface area contributed by atoms with Gasteiger partial charge in [-0.25, -0.2) is 0 Å². The lowest BCUT2D eigenvalue weighted by molar-refractivity contribution is 0.306. The molecule has 0 aromatic heterocycles. The number of hydrogen-bond donors (Lipinski definition) is 1. The molecule has 2 N–H and O–H groups in total. The molecule has 2 aromatic rings. The van der Waals surface area contributed by atoms with E-state index in [9.17, 15) is 8.42 Å². The summed E-state index contributed by atoms with van der Waals surface area (Å²) in [5.41, 5.74) is 0. The molecule has 130 valence electrons. The fraction of sp³-hybridized carbons (Fsp3) is 0.294. The zero-order valence-electron chi connectivity index (χ0n) is 13.5. The molecule has 0 heterocycles. The van der Waals surface area contributed by atoms with Gasteiger partial charge in [0.25, 0.3) is 0 Å². The molecule has 24 heavy (non-hydrogen) atoms. The Bertz CT molecular complexity index is 727. The van der Waals surface area contributed by atoms with Gasteiger partial charge in [0.05, 0.1) is 11.5 Å². The largest absolute Gasteiger partial charge is 0.494 e. The number of ether oxygens (including phenoxy) is 2. The second-order valence-corrected chi connectivity index (χ2v) is 6.72. The Hall–Kier alpha value is -2.09. The first-order chi connectivity index (χ1) is 11.5. The number of hydrogen-bond acceptors (Lipinski definition) is 6.